The minimum Gasteiger partial charge on any atom is -0.497 e. The maximum Gasteiger partial charge on any atom is 0.167 e. The third-order valence-corrected chi connectivity index (χ3v) is 11.5. The fourth-order valence-corrected chi connectivity index (χ4v) is 7.77. The number of aliphatic hydroxyl groups is 7. The molecular weight excluding hydrogens is 902 g/mol. The van der Waals surface area contributed by atoms with Crippen LogP contribution in [0, 0.1) is 5.92 Å². The number of ether oxygens (including phenoxy) is 5. The summed E-state index contributed by atoms with van der Waals surface area (Å²) >= 11 is 0. The van der Waals surface area contributed by atoms with Crippen molar-refractivity contribution < 1.29 is 65.2 Å². The maximum absolute atomic E-state index is 10.6. The van der Waals surface area contributed by atoms with Gasteiger partial charge in [-0.2, -0.15) is 0 Å². The Hall–Kier alpha value is -6.44. The van der Waals surface area contributed by atoms with E-state index < -0.39 is 81.3 Å². The molecule has 3 saturated heterocycles. The summed E-state index contributed by atoms with van der Waals surface area (Å²) < 4.78 is 48.2. The molecule has 3 aliphatic heterocycles. The van der Waals surface area contributed by atoms with Crippen LogP contribution in [0.25, 0.3) is 33.5 Å². The van der Waals surface area contributed by atoms with Crippen molar-refractivity contribution in [3.63, 3.8) is 0 Å². The van der Waals surface area contributed by atoms with E-state index in [2.05, 4.69) is 44.9 Å². The molecule has 68 heavy (non-hydrogen) atoms. The van der Waals surface area contributed by atoms with E-state index in [-0.39, 0.29) is 43.2 Å². The van der Waals surface area contributed by atoms with E-state index in [1.54, 1.807) is 16.2 Å². The highest BCUT2D eigenvalue weighted by Crippen LogP contribution is 2.37. The minimum absolute atomic E-state index is 0.140. The average Bonchev–Trinajstić information content (AvgIpc) is 4.23. The smallest absolute Gasteiger partial charge is 0.167 e. The van der Waals surface area contributed by atoms with Gasteiger partial charge in [0.1, 0.15) is 84.0 Å². The number of alkyl halides is 1. The van der Waals surface area contributed by atoms with Crippen molar-refractivity contribution in [2.24, 2.45) is 5.92 Å². The van der Waals surface area contributed by atoms with Gasteiger partial charge in [0.15, 0.2) is 53.1 Å². The summed E-state index contributed by atoms with van der Waals surface area (Å²) in [6.45, 7) is 1.20. The zero-order valence-electron chi connectivity index (χ0n) is 37.4. The molecule has 7 aromatic rings. The van der Waals surface area contributed by atoms with Crippen LogP contribution in [0.4, 0.5) is 21.8 Å². The molecule has 12 atom stereocenters. The Morgan fingerprint density at radius 1 is 0.603 bits per heavy atom. The molecule has 366 valence electrons. The molecular formula is C40H52FN15O12. The van der Waals surface area contributed by atoms with Crippen LogP contribution < -0.4 is 21.9 Å². The Morgan fingerprint density at radius 3 is 1.44 bits per heavy atom. The van der Waals surface area contributed by atoms with Crippen molar-refractivity contribution in [1.82, 2.24) is 58.6 Å². The highest BCUT2D eigenvalue weighted by molar-refractivity contribution is 5.82. The third kappa shape index (κ3) is 9.64. The molecule has 13 N–H and O–H groups in total. The number of halogens is 1. The molecule has 9 heterocycles. The third-order valence-electron chi connectivity index (χ3n) is 11.5. The lowest BCUT2D eigenvalue weighted by Gasteiger charge is -2.22. The van der Waals surface area contributed by atoms with Crippen LogP contribution in [0.3, 0.4) is 0 Å². The second-order valence-electron chi connectivity index (χ2n) is 15.4. The van der Waals surface area contributed by atoms with Crippen molar-refractivity contribution in [2.45, 2.75) is 81.0 Å². The summed E-state index contributed by atoms with van der Waals surface area (Å²) in [6.07, 6.45) is -0.804. The lowest BCUT2D eigenvalue weighted by Crippen LogP contribution is -2.35. The summed E-state index contributed by atoms with van der Waals surface area (Å²) in [6, 6.07) is 7.41. The number of anilines is 3. The second kappa shape index (κ2) is 21.7. The van der Waals surface area contributed by atoms with E-state index >= 15 is 0 Å². The SMILES string of the molecule is CC1[C@@H](CO)O[C@@H](n2cnc3c(N)ncnc32)[C@H]1O.COc1ccc(CO[C@H]2C(O)[C@@H](CO)O[C@H]2n2cnc3c(N)ncnc32)cc1.Nc1ncnc2c1ncn2[C@@H]1O[C@H](CO)C(O)[C@@H]1O.[2H]CF. The quantitative estimate of drug-likeness (QED) is 0.0719. The number of methoxy groups -OCH3 is 1. The largest absolute Gasteiger partial charge is 0.497 e. The summed E-state index contributed by atoms with van der Waals surface area (Å²) in [4.78, 5) is 36.4. The van der Waals surface area contributed by atoms with Crippen molar-refractivity contribution in [2.75, 3.05) is 51.3 Å². The molecule has 0 bridgehead atoms. The standard InChI is InChI=1S/C18H21N5O5.C11H15N5O3.C10H13N5O4.CH3F/c1-26-11-4-2-10(3-5-11)7-27-15-14(25)12(6-24)28-18(15)23-9-22-13-16(19)20-8-21-17(13)23;1-5-6(2-17)19-11(8(5)18)16-4-15-7-9(12)13-3-14-10(7)16;11-8-5-9(13-2-12-8)15(3-14-5)10-7(18)6(17)4(1-16)19-10;1-2/h2-5,8-9,12,14-15,18,24-25H,6-7H2,1H3,(H2,19,20,21);3-6,8,11,17-18H,2H2,1H3,(H2,12,13,14);2-4,6-7,10,16-18H,1H2,(H2,11,12,13);1H3/t12-,14?,15+,18-;5?,6-,8+,11-;4-,6?,7+,10-;/m111./s1/i;;;1D. The predicted molar refractivity (Wildman–Crippen MR) is 234 cm³/mol. The highest BCUT2D eigenvalue weighted by Gasteiger charge is 2.47. The van der Waals surface area contributed by atoms with Crippen LogP contribution in [0.1, 0.15) is 32.5 Å². The summed E-state index contributed by atoms with van der Waals surface area (Å²) in [5.74, 6) is 1.31. The predicted octanol–water partition coefficient (Wildman–Crippen LogP) is -1.85. The average molecular weight is 955 g/mol. The van der Waals surface area contributed by atoms with E-state index in [4.69, 9.17) is 47.4 Å². The molecule has 1 aromatic carbocycles. The number of imidazole rings is 3. The molecule has 0 aliphatic carbocycles. The van der Waals surface area contributed by atoms with E-state index in [1.807, 2.05) is 31.2 Å². The number of benzene rings is 1. The van der Waals surface area contributed by atoms with Gasteiger partial charge in [-0.15, -0.1) is 0 Å². The molecule has 28 heteroatoms. The molecule has 10 rings (SSSR count). The van der Waals surface area contributed by atoms with Gasteiger partial charge in [0.25, 0.3) is 0 Å². The number of hydrogen-bond acceptors (Lipinski definition) is 24. The van der Waals surface area contributed by atoms with E-state index in [0.29, 0.717) is 33.5 Å². The van der Waals surface area contributed by atoms with Crippen LogP contribution in [0.15, 0.2) is 62.2 Å². The van der Waals surface area contributed by atoms with Crippen LogP contribution in [-0.4, -0.2) is 177 Å². The van der Waals surface area contributed by atoms with E-state index in [9.17, 15) is 35.0 Å². The van der Waals surface area contributed by atoms with Gasteiger partial charge in [-0.1, -0.05) is 19.1 Å². The number of rotatable bonds is 10. The molecule has 0 spiro atoms. The number of aromatic nitrogens is 12. The van der Waals surface area contributed by atoms with Gasteiger partial charge in [0, 0.05) is 5.92 Å². The van der Waals surface area contributed by atoms with Gasteiger partial charge in [-0.05, 0) is 17.7 Å². The van der Waals surface area contributed by atoms with Crippen molar-refractivity contribution in [1.29, 1.82) is 0 Å². The number of nitrogens with two attached hydrogens (primary N) is 3. The van der Waals surface area contributed by atoms with Gasteiger partial charge in [-0.3, -0.25) is 18.1 Å². The van der Waals surface area contributed by atoms with Gasteiger partial charge in [-0.25, -0.2) is 44.9 Å². The first kappa shape index (κ1) is 48.0. The molecule has 3 fully saturated rings. The van der Waals surface area contributed by atoms with Crippen LogP contribution in [0.2, 0.25) is 0 Å². The lowest BCUT2D eigenvalue weighted by atomic mass is 10.0. The summed E-state index contributed by atoms with van der Waals surface area (Å²) in [5, 5.41) is 68.3. The minimum atomic E-state index is -1.19. The molecule has 6 aromatic heterocycles. The number of nitrogens with zero attached hydrogens (tertiary/aromatic N) is 12. The zero-order valence-corrected chi connectivity index (χ0v) is 36.4. The first-order valence-electron chi connectivity index (χ1n) is 21.4. The first-order chi connectivity index (χ1) is 33.3. The number of nitrogen functional groups attached to an aromatic ring is 3. The van der Waals surface area contributed by atoms with Gasteiger partial charge in [0.05, 0.1) is 67.1 Å². The Labute approximate surface area is 386 Å². The molecule has 3 aliphatic rings. The molecule has 0 saturated carbocycles. The molecule has 0 amide bonds. The van der Waals surface area contributed by atoms with E-state index in [1.165, 1.54) is 42.5 Å². The van der Waals surface area contributed by atoms with Crippen molar-refractivity contribution in [3.05, 3.63) is 67.8 Å². The Morgan fingerprint density at radius 2 is 1.01 bits per heavy atom. The van der Waals surface area contributed by atoms with Crippen LogP contribution >= 0.6 is 0 Å². The Kier molecular flexibility index (Phi) is 15.3. The summed E-state index contributed by atoms with van der Waals surface area (Å²) in [7, 11) is 0.600. The summed E-state index contributed by atoms with van der Waals surface area (Å²) in [5.41, 5.74) is 20.8. The lowest BCUT2D eigenvalue weighted by molar-refractivity contribution is -0.0761. The van der Waals surface area contributed by atoms with Crippen molar-refractivity contribution in [3.8, 4) is 5.75 Å². The molecule has 3 unspecified atom stereocenters. The van der Waals surface area contributed by atoms with Gasteiger partial charge < -0.3 is 76.6 Å². The Bertz CT molecular complexity index is 2650. The van der Waals surface area contributed by atoms with Crippen LogP contribution in [-0.2, 0) is 25.6 Å². The fraction of sp³-hybridized carbons (Fsp3) is 0.475. The van der Waals surface area contributed by atoms with Crippen molar-refractivity contribution >= 4 is 50.9 Å². The normalized spacial score (nSPS) is 27.8. The first-order valence-corrected chi connectivity index (χ1v) is 20.7. The topological polar surface area (TPSA) is 397 Å². The Balaban J connectivity index is 0.000000152. The monoisotopic (exact) mass is 954 g/mol. The van der Waals surface area contributed by atoms with Crippen LogP contribution in [0.5, 0.6) is 5.75 Å². The highest BCUT2D eigenvalue weighted by atomic mass is 19.1. The fourth-order valence-electron chi connectivity index (χ4n) is 7.77. The zero-order chi connectivity index (χ0) is 49.5. The number of fused-ring (bicyclic) bond motifs is 3. The number of hydrogen-bond donors (Lipinski definition) is 10. The molecule has 0 radical (unpaired) electrons. The van der Waals surface area contributed by atoms with E-state index in [0.717, 1.165) is 11.3 Å². The van der Waals surface area contributed by atoms with Gasteiger partial charge in [0.2, 0.25) is 0 Å². The molecule has 27 nitrogen and oxygen atoms in total. The number of aliphatic hydroxyl groups excluding tert-OH is 7. The second-order valence-corrected chi connectivity index (χ2v) is 15.4. The van der Waals surface area contributed by atoms with Gasteiger partial charge >= 0.3 is 0 Å². The maximum atomic E-state index is 10.6.